The average molecular weight is 270 g/mol. The van der Waals surface area contributed by atoms with E-state index >= 15 is 0 Å². The van der Waals surface area contributed by atoms with Gasteiger partial charge in [0.15, 0.2) is 0 Å². The molecule has 0 amide bonds. The Labute approximate surface area is 108 Å². The van der Waals surface area contributed by atoms with Crippen molar-refractivity contribution in [1.82, 2.24) is 9.78 Å². The Bertz CT molecular complexity index is 620. The smallest absolute Gasteiger partial charge is 0.286 e. The number of halogens is 2. The zero-order valence-electron chi connectivity index (χ0n) is 8.95. The summed E-state index contributed by atoms with van der Waals surface area (Å²) in [7, 11) is 1.52. The minimum atomic E-state index is -0.420. The lowest BCUT2D eigenvalue weighted by atomic mass is 10.1. The molecule has 0 unspecified atom stereocenters. The van der Waals surface area contributed by atoms with Crippen LogP contribution in [0.1, 0.15) is 0 Å². The number of anilines is 1. The van der Waals surface area contributed by atoms with Crippen molar-refractivity contribution in [2.24, 2.45) is 7.05 Å². The van der Waals surface area contributed by atoms with Crippen LogP contribution in [0, 0.1) is 0 Å². The molecule has 0 aliphatic heterocycles. The van der Waals surface area contributed by atoms with Gasteiger partial charge in [-0.15, -0.1) is 0 Å². The normalized spacial score (nSPS) is 10.5. The van der Waals surface area contributed by atoms with Crippen molar-refractivity contribution >= 4 is 28.9 Å². The molecule has 0 bridgehead atoms. The van der Waals surface area contributed by atoms with Crippen LogP contribution in [-0.2, 0) is 7.05 Å². The van der Waals surface area contributed by atoms with Crippen molar-refractivity contribution < 1.29 is 0 Å². The first kappa shape index (κ1) is 12.0. The molecular formula is C11H9Cl2N3O. The van der Waals surface area contributed by atoms with Gasteiger partial charge in [-0.05, 0) is 12.1 Å². The molecule has 1 heterocycles. The highest BCUT2D eigenvalue weighted by Crippen LogP contribution is 2.29. The van der Waals surface area contributed by atoms with Crippen LogP contribution in [0.5, 0.6) is 0 Å². The van der Waals surface area contributed by atoms with Crippen LogP contribution in [0.15, 0.2) is 29.1 Å². The first-order valence-electron chi connectivity index (χ1n) is 4.79. The average Bonchev–Trinajstić information content (AvgIpc) is 2.32. The molecule has 1 aromatic carbocycles. The number of hydrogen-bond acceptors (Lipinski definition) is 3. The molecule has 0 saturated carbocycles. The van der Waals surface area contributed by atoms with E-state index in [-0.39, 0.29) is 10.0 Å². The summed E-state index contributed by atoms with van der Waals surface area (Å²) in [6, 6.07) is 6.99. The predicted molar refractivity (Wildman–Crippen MR) is 69.3 cm³/mol. The Morgan fingerprint density at radius 3 is 2.35 bits per heavy atom. The molecule has 0 spiro atoms. The van der Waals surface area contributed by atoms with Gasteiger partial charge in [0.2, 0.25) is 0 Å². The Kier molecular flexibility index (Phi) is 3.09. The van der Waals surface area contributed by atoms with Crippen molar-refractivity contribution in [3.05, 3.63) is 44.7 Å². The number of benzene rings is 1. The molecule has 88 valence electrons. The minimum absolute atomic E-state index is 0.0315. The maximum Gasteiger partial charge on any atom is 0.286 e. The number of aromatic nitrogens is 2. The van der Waals surface area contributed by atoms with E-state index in [0.29, 0.717) is 11.4 Å². The second-order valence-electron chi connectivity index (χ2n) is 3.53. The molecule has 0 aliphatic rings. The van der Waals surface area contributed by atoms with Crippen LogP contribution in [0.4, 0.5) is 5.69 Å². The van der Waals surface area contributed by atoms with Gasteiger partial charge in [-0.2, -0.15) is 5.10 Å². The first-order valence-corrected chi connectivity index (χ1v) is 5.54. The maximum atomic E-state index is 11.5. The second kappa shape index (κ2) is 4.39. The Balaban J connectivity index is 2.68. The van der Waals surface area contributed by atoms with Crippen molar-refractivity contribution in [1.29, 1.82) is 0 Å². The summed E-state index contributed by atoms with van der Waals surface area (Å²) in [6.07, 6.45) is 0. The van der Waals surface area contributed by atoms with Crippen LogP contribution in [-0.4, -0.2) is 9.78 Å². The quantitative estimate of drug-likeness (QED) is 0.809. The number of nitrogens with two attached hydrogens (primary N) is 1. The van der Waals surface area contributed by atoms with E-state index in [2.05, 4.69) is 5.10 Å². The van der Waals surface area contributed by atoms with Gasteiger partial charge < -0.3 is 5.73 Å². The molecule has 0 aliphatic carbocycles. The SMILES string of the molecule is Cn1nc(-c2ccc(N)cc2)c(Cl)c(Cl)c1=O. The fourth-order valence-corrected chi connectivity index (χ4v) is 1.84. The molecule has 0 radical (unpaired) electrons. The van der Waals surface area contributed by atoms with Crippen LogP contribution >= 0.6 is 23.2 Å². The summed E-state index contributed by atoms with van der Waals surface area (Å²) in [5.41, 5.74) is 7.02. The molecular weight excluding hydrogens is 261 g/mol. The fourth-order valence-electron chi connectivity index (χ4n) is 1.40. The highest BCUT2D eigenvalue weighted by Gasteiger charge is 2.13. The van der Waals surface area contributed by atoms with Crippen LogP contribution in [0.2, 0.25) is 10.0 Å². The van der Waals surface area contributed by atoms with Crippen LogP contribution in [0.25, 0.3) is 11.3 Å². The minimum Gasteiger partial charge on any atom is -0.399 e. The highest BCUT2D eigenvalue weighted by molar-refractivity contribution is 6.43. The van der Waals surface area contributed by atoms with E-state index in [9.17, 15) is 4.79 Å². The maximum absolute atomic E-state index is 11.5. The third-order valence-electron chi connectivity index (χ3n) is 2.32. The Hall–Kier alpha value is -1.52. The Morgan fingerprint density at radius 1 is 1.18 bits per heavy atom. The van der Waals surface area contributed by atoms with Gasteiger partial charge in [0.1, 0.15) is 10.7 Å². The third-order valence-corrected chi connectivity index (χ3v) is 3.13. The molecule has 17 heavy (non-hydrogen) atoms. The second-order valence-corrected chi connectivity index (χ2v) is 4.28. The van der Waals surface area contributed by atoms with Crippen molar-refractivity contribution in [3.63, 3.8) is 0 Å². The van der Waals surface area contributed by atoms with Gasteiger partial charge in [0.05, 0.1) is 5.02 Å². The molecule has 4 nitrogen and oxygen atoms in total. The molecule has 6 heteroatoms. The van der Waals surface area contributed by atoms with Gasteiger partial charge in [-0.1, -0.05) is 35.3 Å². The zero-order valence-corrected chi connectivity index (χ0v) is 10.5. The number of aryl methyl sites for hydroxylation is 1. The Morgan fingerprint density at radius 2 is 1.76 bits per heavy atom. The van der Waals surface area contributed by atoms with Gasteiger partial charge in [-0.3, -0.25) is 4.79 Å². The van der Waals surface area contributed by atoms with E-state index in [1.807, 2.05) is 0 Å². The third kappa shape index (κ3) is 2.14. The number of nitrogens with zero attached hydrogens (tertiary/aromatic N) is 2. The number of rotatable bonds is 1. The molecule has 0 fully saturated rings. The molecule has 0 saturated heterocycles. The summed E-state index contributed by atoms with van der Waals surface area (Å²) < 4.78 is 1.15. The summed E-state index contributed by atoms with van der Waals surface area (Å²) in [6.45, 7) is 0. The van der Waals surface area contributed by atoms with Crippen LogP contribution < -0.4 is 11.3 Å². The summed E-state index contributed by atoms with van der Waals surface area (Å²) in [5.74, 6) is 0. The lowest BCUT2D eigenvalue weighted by Crippen LogP contribution is -2.20. The standard InChI is InChI=1S/C11H9Cl2N3O/c1-16-11(17)9(13)8(12)10(15-16)6-2-4-7(14)5-3-6/h2-5H,14H2,1H3. The summed E-state index contributed by atoms with van der Waals surface area (Å²) in [5, 5.41) is 4.20. The van der Waals surface area contributed by atoms with E-state index in [0.717, 1.165) is 10.2 Å². The van der Waals surface area contributed by atoms with Gasteiger partial charge >= 0.3 is 0 Å². The van der Waals surface area contributed by atoms with Crippen molar-refractivity contribution in [2.45, 2.75) is 0 Å². The molecule has 1 aromatic heterocycles. The monoisotopic (exact) mass is 269 g/mol. The molecule has 2 aromatic rings. The summed E-state index contributed by atoms with van der Waals surface area (Å²) in [4.78, 5) is 11.5. The molecule has 0 atom stereocenters. The molecule has 2 N–H and O–H groups in total. The lowest BCUT2D eigenvalue weighted by Gasteiger charge is -2.07. The molecule has 2 rings (SSSR count). The zero-order chi connectivity index (χ0) is 12.6. The number of nitrogen functional groups attached to an aromatic ring is 1. The first-order chi connectivity index (χ1) is 8.00. The lowest BCUT2D eigenvalue weighted by molar-refractivity contribution is 0.712. The van der Waals surface area contributed by atoms with Gasteiger partial charge in [-0.25, -0.2) is 4.68 Å². The van der Waals surface area contributed by atoms with Crippen molar-refractivity contribution in [3.8, 4) is 11.3 Å². The predicted octanol–water partition coefficient (Wildman–Crippen LogP) is 2.34. The largest absolute Gasteiger partial charge is 0.399 e. The van der Waals surface area contributed by atoms with Crippen molar-refractivity contribution in [2.75, 3.05) is 5.73 Å². The van der Waals surface area contributed by atoms with E-state index in [1.54, 1.807) is 24.3 Å². The van der Waals surface area contributed by atoms with Gasteiger partial charge in [0, 0.05) is 18.3 Å². The topological polar surface area (TPSA) is 60.9 Å². The summed E-state index contributed by atoms with van der Waals surface area (Å²) >= 11 is 11.8. The van der Waals surface area contributed by atoms with Crippen LogP contribution in [0.3, 0.4) is 0 Å². The van der Waals surface area contributed by atoms with E-state index in [1.165, 1.54) is 7.05 Å². The van der Waals surface area contributed by atoms with Gasteiger partial charge in [0.25, 0.3) is 5.56 Å². The van der Waals surface area contributed by atoms with E-state index < -0.39 is 5.56 Å². The highest BCUT2D eigenvalue weighted by atomic mass is 35.5. The fraction of sp³-hybridized carbons (Fsp3) is 0.0909. The van der Waals surface area contributed by atoms with E-state index in [4.69, 9.17) is 28.9 Å². The number of hydrogen-bond donors (Lipinski definition) is 1.